The highest BCUT2D eigenvalue weighted by Crippen LogP contribution is 1.87. The SMILES string of the molecule is C#CC(N)CC(=O)OC. The normalized spacial score (nSPS) is 11.7. The van der Waals surface area contributed by atoms with Gasteiger partial charge in [0.25, 0.3) is 0 Å². The monoisotopic (exact) mass is 127 g/mol. The Labute approximate surface area is 54.2 Å². The van der Waals surface area contributed by atoms with Crippen molar-refractivity contribution < 1.29 is 9.53 Å². The predicted octanol–water partition coefficient (Wildman–Crippen LogP) is -0.490. The molecule has 0 aromatic heterocycles. The van der Waals surface area contributed by atoms with Crippen LogP contribution in [0.1, 0.15) is 6.42 Å². The number of hydrogen-bond acceptors (Lipinski definition) is 3. The number of esters is 1. The Morgan fingerprint density at radius 3 is 2.89 bits per heavy atom. The summed E-state index contributed by atoms with van der Waals surface area (Å²) in [5.74, 6) is 1.83. The fourth-order valence-electron chi connectivity index (χ4n) is 0.322. The summed E-state index contributed by atoms with van der Waals surface area (Å²) in [4.78, 5) is 10.4. The quantitative estimate of drug-likeness (QED) is 0.402. The first-order valence-corrected chi connectivity index (χ1v) is 2.49. The lowest BCUT2D eigenvalue weighted by Crippen LogP contribution is -2.22. The van der Waals surface area contributed by atoms with Crippen molar-refractivity contribution in [3.63, 3.8) is 0 Å². The molecule has 0 rings (SSSR count). The van der Waals surface area contributed by atoms with E-state index >= 15 is 0 Å². The van der Waals surface area contributed by atoms with Crippen LogP contribution in [0.25, 0.3) is 0 Å². The predicted molar refractivity (Wildman–Crippen MR) is 33.4 cm³/mol. The van der Waals surface area contributed by atoms with Crippen LogP contribution in [0.15, 0.2) is 0 Å². The molecule has 0 aromatic carbocycles. The number of carbonyl (C=O) groups excluding carboxylic acids is 1. The molecule has 50 valence electrons. The number of hydrogen-bond donors (Lipinski definition) is 1. The lowest BCUT2D eigenvalue weighted by molar-refractivity contribution is -0.140. The van der Waals surface area contributed by atoms with E-state index in [0.29, 0.717) is 0 Å². The molecular formula is C6H9NO2. The number of rotatable bonds is 2. The zero-order chi connectivity index (χ0) is 7.28. The third-order valence-corrected chi connectivity index (χ3v) is 0.828. The summed E-state index contributed by atoms with van der Waals surface area (Å²) in [7, 11) is 1.30. The van der Waals surface area contributed by atoms with Crippen molar-refractivity contribution in [3.8, 4) is 12.3 Å². The summed E-state index contributed by atoms with van der Waals surface area (Å²) in [6.45, 7) is 0. The molecule has 3 nitrogen and oxygen atoms in total. The van der Waals surface area contributed by atoms with Gasteiger partial charge in [-0.25, -0.2) is 0 Å². The van der Waals surface area contributed by atoms with Crippen LogP contribution < -0.4 is 5.73 Å². The molecule has 0 bridgehead atoms. The van der Waals surface area contributed by atoms with Gasteiger partial charge in [0.05, 0.1) is 19.6 Å². The molecule has 0 amide bonds. The van der Waals surface area contributed by atoms with E-state index in [1.54, 1.807) is 0 Å². The highest BCUT2D eigenvalue weighted by atomic mass is 16.5. The maximum absolute atomic E-state index is 10.4. The molecule has 1 unspecified atom stereocenters. The van der Waals surface area contributed by atoms with Gasteiger partial charge in [0, 0.05) is 0 Å². The van der Waals surface area contributed by atoms with Gasteiger partial charge < -0.3 is 10.5 Å². The second-order valence-electron chi connectivity index (χ2n) is 1.55. The summed E-state index contributed by atoms with van der Waals surface area (Å²) in [5, 5.41) is 0. The van der Waals surface area contributed by atoms with Crippen LogP contribution in [0.4, 0.5) is 0 Å². The Morgan fingerprint density at radius 1 is 2.00 bits per heavy atom. The smallest absolute Gasteiger partial charge is 0.308 e. The second kappa shape index (κ2) is 3.93. The first-order chi connectivity index (χ1) is 4.20. The number of terminal acetylenes is 1. The Morgan fingerprint density at radius 2 is 2.56 bits per heavy atom. The Balaban J connectivity index is 3.50. The van der Waals surface area contributed by atoms with Crippen molar-refractivity contribution in [2.75, 3.05) is 7.11 Å². The van der Waals surface area contributed by atoms with Crippen LogP contribution in [0.2, 0.25) is 0 Å². The second-order valence-corrected chi connectivity index (χ2v) is 1.55. The van der Waals surface area contributed by atoms with Crippen LogP contribution in [0, 0.1) is 12.3 Å². The van der Waals surface area contributed by atoms with Gasteiger partial charge in [0.15, 0.2) is 0 Å². The van der Waals surface area contributed by atoms with Gasteiger partial charge in [-0.3, -0.25) is 4.79 Å². The number of nitrogens with two attached hydrogens (primary N) is 1. The summed E-state index contributed by atoms with van der Waals surface area (Å²) >= 11 is 0. The molecule has 3 heteroatoms. The lowest BCUT2D eigenvalue weighted by Gasteiger charge is -1.99. The minimum absolute atomic E-state index is 0.0903. The van der Waals surface area contributed by atoms with Gasteiger partial charge in [-0.1, -0.05) is 5.92 Å². The van der Waals surface area contributed by atoms with Crippen LogP contribution in [0.3, 0.4) is 0 Å². The molecule has 0 aliphatic heterocycles. The van der Waals surface area contributed by atoms with Crippen LogP contribution in [-0.2, 0) is 9.53 Å². The summed E-state index contributed by atoms with van der Waals surface area (Å²) in [6.07, 6.45) is 4.98. The maximum atomic E-state index is 10.4. The third kappa shape index (κ3) is 3.56. The van der Waals surface area contributed by atoms with E-state index in [9.17, 15) is 4.79 Å². The highest BCUT2D eigenvalue weighted by Gasteiger charge is 2.04. The molecule has 0 spiro atoms. The molecule has 0 aromatic rings. The summed E-state index contributed by atoms with van der Waals surface area (Å²) in [5.41, 5.74) is 5.21. The van der Waals surface area contributed by atoms with Crippen molar-refractivity contribution in [2.24, 2.45) is 5.73 Å². The van der Waals surface area contributed by atoms with Gasteiger partial charge in [-0.15, -0.1) is 6.42 Å². The van der Waals surface area contributed by atoms with Gasteiger partial charge >= 0.3 is 5.97 Å². The van der Waals surface area contributed by atoms with E-state index in [4.69, 9.17) is 12.2 Å². The molecular weight excluding hydrogens is 118 g/mol. The van der Waals surface area contributed by atoms with Crippen molar-refractivity contribution in [2.45, 2.75) is 12.5 Å². The highest BCUT2D eigenvalue weighted by molar-refractivity contribution is 5.70. The largest absolute Gasteiger partial charge is 0.469 e. The van der Waals surface area contributed by atoms with E-state index in [0.717, 1.165) is 0 Å². The number of methoxy groups -OCH3 is 1. The van der Waals surface area contributed by atoms with Crippen LogP contribution in [0.5, 0.6) is 0 Å². The van der Waals surface area contributed by atoms with Crippen LogP contribution in [-0.4, -0.2) is 19.1 Å². The Kier molecular flexibility index (Phi) is 3.49. The fraction of sp³-hybridized carbons (Fsp3) is 0.500. The maximum Gasteiger partial charge on any atom is 0.308 e. The number of ether oxygens (including phenoxy) is 1. The van der Waals surface area contributed by atoms with E-state index in [1.165, 1.54) is 7.11 Å². The third-order valence-electron chi connectivity index (χ3n) is 0.828. The van der Waals surface area contributed by atoms with Crippen molar-refractivity contribution in [1.29, 1.82) is 0 Å². The molecule has 0 saturated carbocycles. The van der Waals surface area contributed by atoms with E-state index in [1.807, 2.05) is 0 Å². The lowest BCUT2D eigenvalue weighted by atomic mass is 10.2. The van der Waals surface area contributed by atoms with Crippen molar-refractivity contribution >= 4 is 5.97 Å². The van der Waals surface area contributed by atoms with Gasteiger partial charge in [0.2, 0.25) is 0 Å². The summed E-state index contributed by atoms with van der Waals surface area (Å²) < 4.78 is 4.31. The minimum atomic E-state index is -0.516. The Hall–Kier alpha value is -1.01. The van der Waals surface area contributed by atoms with E-state index in [-0.39, 0.29) is 12.4 Å². The van der Waals surface area contributed by atoms with Gasteiger partial charge in [-0.2, -0.15) is 0 Å². The molecule has 9 heavy (non-hydrogen) atoms. The number of carbonyl (C=O) groups is 1. The zero-order valence-corrected chi connectivity index (χ0v) is 5.26. The van der Waals surface area contributed by atoms with Crippen molar-refractivity contribution in [1.82, 2.24) is 0 Å². The standard InChI is InChI=1S/C6H9NO2/c1-3-5(7)4-6(8)9-2/h1,5H,4,7H2,2H3. The van der Waals surface area contributed by atoms with Gasteiger partial charge in [-0.05, 0) is 0 Å². The first kappa shape index (κ1) is 7.99. The molecule has 1 atom stereocenters. The molecule has 2 N–H and O–H groups in total. The first-order valence-electron chi connectivity index (χ1n) is 2.49. The van der Waals surface area contributed by atoms with Crippen LogP contribution >= 0.6 is 0 Å². The molecule has 0 fully saturated rings. The zero-order valence-electron chi connectivity index (χ0n) is 5.26. The van der Waals surface area contributed by atoms with Crippen molar-refractivity contribution in [3.05, 3.63) is 0 Å². The molecule has 0 aliphatic carbocycles. The molecule has 0 heterocycles. The van der Waals surface area contributed by atoms with Gasteiger partial charge in [0.1, 0.15) is 0 Å². The minimum Gasteiger partial charge on any atom is -0.469 e. The Bertz CT molecular complexity index is 136. The summed E-state index contributed by atoms with van der Waals surface area (Å²) in [6, 6.07) is -0.516. The molecule has 0 saturated heterocycles. The fourth-order valence-corrected chi connectivity index (χ4v) is 0.322. The molecule has 0 aliphatic rings. The average molecular weight is 127 g/mol. The van der Waals surface area contributed by atoms with E-state index in [2.05, 4.69) is 10.7 Å². The van der Waals surface area contributed by atoms with E-state index < -0.39 is 6.04 Å². The average Bonchev–Trinajstić information content (AvgIpc) is 1.87. The topological polar surface area (TPSA) is 52.3 Å². The molecule has 0 radical (unpaired) electrons.